The Hall–Kier alpha value is -3.93. The van der Waals surface area contributed by atoms with Crippen LogP contribution in [-0.2, 0) is 10.2 Å². The van der Waals surface area contributed by atoms with Crippen LogP contribution < -0.4 is 15.2 Å². The highest BCUT2D eigenvalue weighted by molar-refractivity contribution is 7.91. The normalized spacial score (nSPS) is 18.8. The molecular weight excluding hydrogens is 470 g/mol. The number of anilines is 1. The molecule has 1 unspecified atom stereocenters. The highest BCUT2D eigenvalue weighted by Crippen LogP contribution is 2.31. The molecule has 0 bridgehead atoms. The zero-order valence-corrected chi connectivity index (χ0v) is 19.9. The van der Waals surface area contributed by atoms with E-state index in [0.29, 0.717) is 48.1 Å². The molecule has 2 aliphatic rings. The second kappa shape index (κ2) is 9.02. The summed E-state index contributed by atoms with van der Waals surface area (Å²) < 4.78 is 37.4. The van der Waals surface area contributed by atoms with Gasteiger partial charge >= 0.3 is 10.2 Å². The quantitative estimate of drug-likeness (QED) is 0.550. The lowest BCUT2D eigenvalue weighted by atomic mass is 9.98. The average Bonchev–Trinajstić information content (AvgIpc) is 3.27. The number of ether oxygens (including phenoxy) is 1. The van der Waals surface area contributed by atoms with Crippen LogP contribution in [0.25, 0.3) is 5.82 Å². The molecule has 35 heavy (non-hydrogen) atoms. The first kappa shape index (κ1) is 22.8. The second-order valence-corrected chi connectivity index (χ2v) is 9.89. The molecule has 0 aliphatic carbocycles. The van der Waals surface area contributed by atoms with Gasteiger partial charge in [-0.3, -0.25) is 14.1 Å². The fourth-order valence-corrected chi connectivity index (χ4v) is 5.26. The molecule has 11 nitrogen and oxygen atoms in total. The summed E-state index contributed by atoms with van der Waals surface area (Å²) in [6.45, 7) is 3.45. The van der Waals surface area contributed by atoms with E-state index in [1.165, 1.54) is 0 Å². The summed E-state index contributed by atoms with van der Waals surface area (Å²) in [5, 5.41) is 0. The highest BCUT2D eigenvalue weighted by Gasteiger charge is 2.27. The molecule has 1 atom stereocenters. The number of likely N-dealkylation sites (tertiary alicyclic amines) is 1. The van der Waals surface area contributed by atoms with E-state index in [4.69, 9.17) is 10.5 Å². The van der Waals surface area contributed by atoms with Gasteiger partial charge in [0.25, 0.3) is 5.91 Å². The Morgan fingerprint density at radius 2 is 2.11 bits per heavy atom. The minimum Gasteiger partial charge on any atom is -0.492 e. The molecule has 1 fully saturated rings. The van der Waals surface area contributed by atoms with Crippen LogP contribution in [0.1, 0.15) is 34.6 Å². The molecule has 1 aromatic carbocycles. The Labute approximate surface area is 202 Å². The Balaban J connectivity index is 1.27. The Morgan fingerprint density at radius 1 is 1.26 bits per heavy atom. The number of fused-ring (bicyclic) bond motifs is 1. The number of hydrogen-bond acceptors (Lipinski definition) is 7. The number of imidazole rings is 1. The monoisotopic (exact) mass is 495 g/mol. The number of rotatable bonds is 5. The number of aromatic nitrogens is 3. The number of nitrogens with one attached hydrogen (secondary N) is 1. The van der Waals surface area contributed by atoms with Crippen molar-refractivity contribution in [3.8, 4) is 11.6 Å². The van der Waals surface area contributed by atoms with Gasteiger partial charge in [0, 0.05) is 43.2 Å². The van der Waals surface area contributed by atoms with Gasteiger partial charge in [-0.25, -0.2) is 9.97 Å². The number of carbonyl (C=O) groups excluding carboxylic acids is 1. The minimum absolute atomic E-state index is 0.0565. The van der Waals surface area contributed by atoms with Crippen molar-refractivity contribution in [1.29, 1.82) is 0 Å². The summed E-state index contributed by atoms with van der Waals surface area (Å²) in [4.78, 5) is 23.7. The number of nitrogens with two attached hydrogens (primary N) is 1. The van der Waals surface area contributed by atoms with E-state index in [9.17, 15) is 13.2 Å². The Bertz CT molecular complexity index is 1420. The lowest BCUT2D eigenvalue weighted by Gasteiger charge is -2.33. The fraction of sp³-hybridized carbons (Fsp3) is 0.304. The van der Waals surface area contributed by atoms with Gasteiger partial charge in [-0.15, -0.1) is 4.40 Å². The predicted molar refractivity (Wildman–Crippen MR) is 130 cm³/mol. The van der Waals surface area contributed by atoms with Crippen molar-refractivity contribution in [2.45, 2.75) is 19.8 Å². The lowest BCUT2D eigenvalue weighted by molar-refractivity contribution is 0.0633. The Morgan fingerprint density at radius 3 is 2.91 bits per heavy atom. The maximum atomic E-state index is 13.3. The summed E-state index contributed by atoms with van der Waals surface area (Å²) >= 11 is 0. The SMILES string of the molecule is Cc1nccn1-c1cc(C(=O)N2CCCC(COc3cccc4c3C(N)=NS(=O)(=O)N4)C2)ccn1. The third-order valence-corrected chi connectivity index (χ3v) is 7.00. The largest absolute Gasteiger partial charge is 0.492 e. The molecule has 2 aromatic heterocycles. The number of nitrogens with zero attached hydrogens (tertiary/aromatic N) is 5. The first-order valence-electron chi connectivity index (χ1n) is 11.2. The van der Waals surface area contributed by atoms with Crippen LogP contribution in [0.15, 0.2) is 53.3 Å². The molecule has 182 valence electrons. The molecule has 0 spiro atoms. The third kappa shape index (κ3) is 4.69. The van der Waals surface area contributed by atoms with Crippen molar-refractivity contribution in [1.82, 2.24) is 19.4 Å². The molecule has 0 radical (unpaired) electrons. The van der Waals surface area contributed by atoms with Crippen molar-refractivity contribution in [3.05, 3.63) is 65.9 Å². The topological polar surface area (TPSA) is 145 Å². The van der Waals surface area contributed by atoms with Crippen molar-refractivity contribution < 1.29 is 17.9 Å². The molecule has 3 aromatic rings. The average molecular weight is 496 g/mol. The zero-order valence-electron chi connectivity index (χ0n) is 19.1. The molecule has 3 N–H and O–H groups in total. The van der Waals surface area contributed by atoms with Gasteiger partial charge in [0.1, 0.15) is 17.4 Å². The number of piperidine rings is 1. The lowest BCUT2D eigenvalue weighted by Crippen LogP contribution is -2.41. The minimum atomic E-state index is -3.86. The summed E-state index contributed by atoms with van der Waals surface area (Å²) in [7, 11) is -3.86. The van der Waals surface area contributed by atoms with E-state index < -0.39 is 10.2 Å². The predicted octanol–water partition coefficient (Wildman–Crippen LogP) is 1.88. The van der Waals surface area contributed by atoms with E-state index in [-0.39, 0.29) is 17.7 Å². The van der Waals surface area contributed by atoms with Gasteiger partial charge in [0.05, 0.1) is 17.9 Å². The first-order valence-corrected chi connectivity index (χ1v) is 12.6. The number of amides is 1. The van der Waals surface area contributed by atoms with Crippen LogP contribution in [0.2, 0.25) is 0 Å². The van der Waals surface area contributed by atoms with Crippen LogP contribution in [0.4, 0.5) is 5.69 Å². The molecule has 4 heterocycles. The number of benzene rings is 1. The maximum absolute atomic E-state index is 13.3. The second-order valence-electron chi connectivity index (χ2n) is 8.55. The van der Waals surface area contributed by atoms with E-state index in [2.05, 4.69) is 19.1 Å². The molecule has 1 amide bonds. The number of hydrogen-bond donors (Lipinski definition) is 2. The van der Waals surface area contributed by atoms with Gasteiger partial charge in [0.15, 0.2) is 5.84 Å². The summed E-state index contributed by atoms with van der Waals surface area (Å²) in [5.74, 6) is 1.82. The zero-order chi connectivity index (χ0) is 24.6. The number of aryl methyl sites for hydroxylation is 1. The summed E-state index contributed by atoms with van der Waals surface area (Å²) in [6, 6.07) is 8.52. The fourth-order valence-electron chi connectivity index (χ4n) is 4.42. The van der Waals surface area contributed by atoms with Crippen LogP contribution in [0.5, 0.6) is 5.75 Å². The van der Waals surface area contributed by atoms with Gasteiger partial charge < -0.3 is 15.4 Å². The van der Waals surface area contributed by atoms with Gasteiger partial charge in [-0.2, -0.15) is 8.42 Å². The van der Waals surface area contributed by atoms with E-state index in [1.54, 1.807) is 42.7 Å². The number of pyridine rings is 1. The van der Waals surface area contributed by atoms with E-state index in [0.717, 1.165) is 18.7 Å². The third-order valence-electron chi connectivity index (χ3n) is 6.09. The van der Waals surface area contributed by atoms with Crippen molar-refractivity contribution >= 4 is 27.6 Å². The summed E-state index contributed by atoms with van der Waals surface area (Å²) in [5.41, 5.74) is 7.22. The number of amidine groups is 1. The van der Waals surface area contributed by atoms with Crippen LogP contribution in [0, 0.1) is 12.8 Å². The smallest absolute Gasteiger partial charge is 0.344 e. The molecule has 5 rings (SSSR count). The van der Waals surface area contributed by atoms with E-state index in [1.807, 2.05) is 22.6 Å². The van der Waals surface area contributed by atoms with Crippen molar-refractivity contribution in [2.75, 3.05) is 24.4 Å². The molecular formula is C23H25N7O4S. The van der Waals surface area contributed by atoms with Crippen LogP contribution >= 0.6 is 0 Å². The first-order chi connectivity index (χ1) is 16.8. The standard InChI is InChI=1S/C23H25N7O4S/c1-15-25-9-11-30(15)20-12-17(7-8-26-20)23(31)29-10-3-4-16(13-29)14-34-19-6-2-5-18-21(19)22(24)28-35(32,33)27-18/h2,5-9,11-12,16,27H,3-4,10,13-14H2,1H3,(H2,24,28). The maximum Gasteiger partial charge on any atom is 0.344 e. The molecule has 0 saturated carbocycles. The van der Waals surface area contributed by atoms with Crippen LogP contribution in [0.3, 0.4) is 0 Å². The van der Waals surface area contributed by atoms with Gasteiger partial charge in [-0.05, 0) is 44.0 Å². The van der Waals surface area contributed by atoms with Gasteiger partial charge in [-0.1, -0.05) is 6.07 Å². The molecule has 2 aliphatic heterocycles. The van der Waals surface area contributed by atoms with Crippen LogP contribution in [-0.4, -0.2) is 59.3 Å². The van der Waals surface area contributed by atoms with Crippen molar-refractivity contribution in [2.24, 2.45) is 16.0 Å². The highest BCUT2D eigenvalue weighted by atomic mass is 32.2. The molecule has 12 heteroatoms. The molecule has 1 saturated heterocycles. The van der Waals surface area contributed by atoms with Crippen molar-refractivity contribution in [3.63, 3.8) is 0 Å². The summed E-state index contributed by atoms with van der Waals surface area (Å²) in [6.07, 6.45) is 6.90. The Kier molecular flexibility index (Phi) is 5.89. The van der Waals surface area contributed by atoms with Gasteiger partial charge in [0.2, 0.25) is 0 Å². The number of carbonyl (C=O) groups is 1. The van der Waals surface area contributed by atoms with E-state index >= 15 is 0 Å².